The minimum atomic E-state index is -0.497. The number of aliphatic hydroxyl groups is 1. The predicted molar refractivity (Wildman–Crippen MR) is 76.9 cm³/mol. The van der Waals surface area contributed by atoms with Crippen LogP contribution in [-0.2, 0) is 6.54 Å². The molecular formula is C16H23NO3. The molecule has 1 heterocycles. The van der Waals surface area contributed by atoms with Crippen molar-refractivity contribution in [2.24, 2.45) is 0 Å². The highest BCUT2D eigenvalue weighted by atomic mass is 16.7. The van der Waals surface area contributed by atoms with Crippen LogP contribution in [0.25, 0.3) is 0 Å². The maximum Gasteiger partial charge on any atom is 0.231 e. The van der Waals surface area contributed by atoms with E-state index in [0.29, 0.717) is 6.79 Å². The van der Waals surface area contributed by atoms with Crippen molar-refractivity contribution >= 4 is 0 Å². The van der Waals surface area contributed by atoms with Crippen molar-refractivity contribution in [3.63, 3.8) is 0 Å². The van der Waals surface area contributed by atoms with Gasteiger partial charge in [-0.1, -0.05) is 25.3 Å². The summed E-state index contributed by atoms with van der Waals surface area (Å²) in [6.45, 7) is 1.87. The maximum absolute atomic E-state index is 10.6. The highest BCUT2D eigenvalue weighted by Crippen LogP contribution is 2.33. The third kappa shape index (κ3) is 3.07. The standard InChI is InChI=1S/C16H23NO3/c1-17(11-16(18)7-3-2-4-8-16)10-13-5-6-14-15(9-13)20-12-19-14/h5-6,9,18H,2-4,7-8,10-12H2,1H3. The van der Waals surface area contributed by atoms with E-state index >= 15 is 0 Å². The summed E-state index contributed by atoms with van der Waals surface area (Å²) in [5, 5.41) is 10.6. The van der Waals surface area contributed by atoms with E-state index in [9.17, 15) is 5.11 Å². The number of nitrogens with zero attached hydrogens (tertiary/aromatic N) is 1. The van der Waals surface area contributed by atoms with Gasteiger partial charge in [-0.2, -0.15) is 0 Å². The number of rotatable bonds is 4. The van der Waals surface area contributed by atoms with E-state index in [1.807, 2.05) is 12.1 Å². The molecule has 1 fully saturated rings. The van der Waals surface area contributed by atoms with E-state index in [0.717, 1.165) is 50.3 Å². The third-order valence-corrected chi connectivity index (χ3v) is 4.24. The molecule has 1 aliphatic carbocycles. The molecule has 0 atom stereocenters. The van der Waals surface area contributed by atoms with Crippen LogP contribution >= 0.6 is 0 Å². The van der Waals surface area contributed by atoms with Crippen LogP contribution in [-0.4, -0.2) is 36.0 Å². The maximum atomic E-state index is 10.6. The predicted octanol–water partition coefficient (Wildman–Crippen LogP) is 2.54. The number of likely N-dealkylation sites (N-methyl/N-ethyl adjacent to an activating group) is 1. The highest BCUT2D eigenvalue weighted by Gasteiger charge is 2.30. The fourth-order valence-corrected chi connectivity index (χ4v) is 3.28. The number of benzene rings is 1. The van der Waals surface area contributed by atoms with Crippen molar-refractivity contribution < 1.29 is 14.6 Å². The zero-order valence-electron chi connectivity index (χ0n) is 12.1. The van der Waals surface area contributed by atoms with Crippen LogP contribution in [0.2, 0.25) is 0 Å². The van der Waals surface area contributed by atoms with E-state index in [4.69, 9.17) is 9.47 Å². The van der Waals surface area contributed by atoms with Gasteiger partial charge in [-0.25, -0.2) is 0 Å². The lowest BCUT2D eigenvalue weighted by Gasteiger charge is -2.35. The summed E-state index contributed by atoms with van der Waals surface area (Å²) < 4.78 is 10.7. The van der Waals surface area contributed by atoms with Crippen molar-refractivity contribution in [3.8, 4) is 11.5 Å². The minimum absolute atomic E-state index is 0.314. The van der Waals surface area contributed by atoms with E-state index in [2.05, 4.69) is 18.0 Å². The zero-order valence-corrected chi connectivity index (χ0v) is 12.1. The Balaban J connectivity index is 1.59. The molecule has 0 aromatic heterocycles. The van der Waals surface area contributed by atoms with Crippen LogP contribution in [0, 0.1) is 0 Å². The Morgan fingerprint density at radius 3 is 2.70 bits per heavy atom. The first kappa shape index (κ1) is 13.7. The number of ether oxygens (including phenoxy) is 2. The lowest BCUT2D eigenvalue weighted by atomic mass is 9.84. The van der Waals surface area contributed by atoms with Crippen molar-refractivity contribution in [1.29, 1.82) is 0 Å². The molecule has 4 nitrogen and oxygen atoms in total. The second-order valence-corrected chi connectivity index (χ2v) is 6.14. The molecule has 0 radical (unpaired) electrons. The lowest BCUT2D eigenvalue weighted by Crippen LogP contribution is -2.42. The van der Waals surface area contributed by atoms with Crippen molar-refractivity contribution in [2.45, 2.75) is 44.2 Å². The SMILES string of the molecule is CN(Cc1ccc2c(c1)OCO2)CC1(O)CCCCC1. The molecule has 110 valence electrons. The monoisotopic (exact) mass is 277 g/mol. The fourth-order valence-electron chi connectivity index (χ4n) is 3.28. The molecule has 0 spiro atoms. The smallest absolute Gasteiger partial charge is 0.231 e. The first-order valence-electron chi connectivity index (χ1n) is 7.44. The first-order chi connectivity index (χ1) is 9.65. The Labute approximate surface area is 120 Å². The van der Waals surface area contributed by atoms with Gasteiger partial charge < -0.3 is 14.6 Å². The number of hydrogen-bond acceptors (Lipinski definition) is 4. The normalized spacial score (nSPS) is 20.4. The van der Waals surface area contributed by atoms with Gasteiger partial charge in [0.2, 0.25) is 6.79 Å². The van der Waals surface area contributed by atoms with Gasteiger partial charge in [0, 0.05) is 13.1 Å². The van der Waals surface area contributed by atoms with Gasteiger partial charge in [0.25, 0.3) is 0 Å². The molecular weight excluding hydrogens is 254 g/mol. The van der Waals surface area contributed by atoms with Gasteiger partial charge >= 0.3 is 0 Å². The third-order valence-electron chi connectivity index (χ3n) is 4.24. The Hall–Kier alpha value is -1.26. The number of hydrogen-bond donors (Lipinski definition) is 1. The molecule has 4 heteroatoms. The average Bonchev–Trinajstić information content (AvgIpc) is 2.86. The van der Waals surface area contributed by atoms with Gasteiger partial charge in [-0.3, -0.25) is 4.90 Å². The van der Waals surface area contributed by atoms with E-state index in [1.165, 1.54) is 12.0 Å². The van der Waals surface area contributed by atoms with Crippen molar-refractivity contribution in [1.82, 2.24) is 4.90 Å². The summed E-state index contributed by atoms with van der Waals surface area (Å²) in [6, 6.07) is 6.06. The molecule has 0 bridgehead atoms. The summed E-state index contributed by atoms with van der Waals surface area (Å²) in [6.07, 6.45) is 5.41. The Bertz CT molecular complexity index is 469. The molecule has 1 aromatic carbocycles. The van der Waals surface area contributed by atoms with Crippen LogP contribution in [0.3, 0.4) is 0 Å². The summed E-state index contributed by atoms with van der Waals surface area (Å²) in [7, 11) is 2.07. The van der Waals surface area contributed by atoms with E-state index in [-0.39, 0.29) is 0 Å². The molecule has 0 saturated heterocycles. The Morgan fingerprint density at radius 2 is 1.90 bits per heavy atom. The molecule has 20 heavy (non-hydrogen) atoms. The fraction of sp³-hybridized carbons (Fsp3) is 0.625. The second-order valence-electron chi connectivity index (χ2n) is 6.14. The Kier molecular flexibility index (Phi) is 3.85. The lowest BCUT2D eigenvalue weighted by molar-refractivity contribution is -0.0223. The van der Waals surface area contributed by atoms with Crippen LogP contribution in [0.15, 0.2) is 18.2 Å². The molecule has 1 saturated carbocycles. The Morgan fingerprint density at radius 1 is 1.15 bits per heavy atom. The van der Waals surface area contributed by atoms with E-state index in [1.54, 1.807) is 0 Å². The van der Waals surface area contributed by atoms with Gasteiger partial charge in [0.05, 0.1) is 5.60 Å². The molecule has 3 rings (SSSR count). The van der Waals surface area contributed by atoms with Crippen molar-refractivity contribution in [3.05, 3.63) is 23.8 Å². The van der Waals surface area contributed by atoms with Crippen LogP contribution in [0.5, 0.6) is 11.5 Å². The van der Waals surface area contributed by atoms with Crippen molar-refractivity contribution in [2.75, 3.05) is 20.4 Å². The molecule has 1 N–H and O–H groups in total. The van der Waals surface area contributed by atoms with Crippen LogP contribution in [0.4, 0.5) is 0 Å². The van der Waals surface area contributed by atoms with Crippen LogP contribution in [0.1, 0.15) is 37.7 Å². The summed E-state index contributed by atoms with van der Waals surface area (Å²) in [5.41, 5.74) is 0.694. The number of fused-ring (bicyclic) bond motifs is 1. The summed E-state index contributed by atoms with van der Waals surface area (Å²) in [5.74, 6) is 1.65. The zero-order chi connectivity index (χ0) is 14.0. The van der Waals surface area contributed by atoms with Gasteiger partial charge in [-0.15, -0.1) is 0 Å². The molecule has 1 aromatic rings. The topological polar surface area (TPSA) is 41.9 Å². The van der Waals surface area contributed by atoms with Gasteiger partial charge in [0.1, 0.15) is 0 Å². The van der Waals surface area contributed by atoms with Crippen LogP contribution < -0.4 is 9.47 Å². The highest BCUT2D eigenvalue weighted by molar-refractivity contribution is 5.44. The van der Waals surface area contributed by atoms with E-state index < -0.39 is 5.60 Å². The largest absolute Gasteiger partial charge is 0.454 e. The molecule has 0 amide bonds. The second kappa shape index (κ2) is 5.62. The average molecular weight is 277 g/mol. The summed E-state index contributed by atoms with van der Waals surface area (Å²) >= 11 is 0. The minimum Gasteiger partial charge on any atom is -0.454 e. The first-order valence-corrected chi connectivity index (χ1v) is 7.44. The summed E-state index contributed by atoms with van der Waals surface area (Å²) in [4.78, 5) is 2.20. The quantitative estimate of drug-likeness (QED) is 0.918. The molecule has 1 aliphatic heterocycles. The molecule has 0 unspecified atom stereocenters. The van der Waals surface area contributed by atoms with Gasteiger partial charge in [0.15, 0.2) is 11.5 Å². The van der Waals surface area contributed by atoms with Gasteiger partial charge in [-0.05, 0) is 37.6 Å². The molecule has 2 aliphatic rings.